The standard InChI is InChI=1S/C25H28N4O5/c1-15-7-5-8-18(13-15)23-27-24(34-28-23)21-16(2)29(11-6-12-32-3)25(31)26-22(21)17-9-10-20(33-4)19(30)14-17/h5,7-10,13-14,22,30H,6,11-12H2,1-4H3,(H,26,31). The van der Waals surface area contributed by atoms with Gasteiger partial charge < -0.3 is 24.4 Å². The lowest BCUT2D eigenvalue weighted by atomic mass is 9.94. The third-order valence-electron chi connectivity index (χ3n) is 5.80. The highest BCUT2D eigenvalue weighted by molar-refractivity contribution is 5.87. The number of allylic oxidation sites excluding steroid dienone is 1. The second-order valence-corrected chi connectivity index (χ2v) is 8.10. The number of urea groups is 1. The number of carbonyl (C=O) groups is 1. The van der Waals surface area contributed by atoms with E-state index in [4.69, 9.17) is 14.0 Å². The molecule has 1 aliphatic rings. The summed E-state index contributed by atoms with van der Waals surface area (Å²) in [5.41, 5.74) is 3.93. The van der Waals surface area contributed by atoms with Gasteiger partial charge in [-0.1, -0.05) is 35.0 Å². The van der Waals surface area contributed by atoms with Crippen molar-refractivity contribution in [3.8, 4) is 22.9 Å². The fourth-order valence-corrected chi connectivity index (χ4v) is 4.07. The maximum atomic E-state index is 13.0. The number of hydrogen-bond acceptors (Lipinski definition) is 7. The number of amides is 2. The number of methoxy groups -OCH3 is 2. The lowest BCUT2D eigenvalue weighted by molar-refractivity contribution is 0.174. The quantitative estimate of drug-likeness (QED) is 0.479. The van der Waals surface area contributed by atoms with Crippen LogP contribution in [0.3, 0.4) is 0 Å². The second kappa shape index (κ2) is 9.96. The number of carbonyl (C=O) groups excluding carboxylic acids is 1. The first-order valence-corrected chi connectivity index (χ1v) is 11.0. The number of aryl methyl sites for hydroxylation is 1. The molecule has 2 N–H and O–H groups in total. The zero-order valence-electron chi connectivity index (χ0n) is 19.7. The van der Waals surface area contributed by atoms with Crippen LogP contribution in [0.1, 0.15) is 36.4 Å². The van der Waals surface area contributed by atoms with E-state index in [0.717, 1.165) is 11.1 Å². The zero-order valence-corrected chi connectivity index (χ0v) is 19.7. The molecule has 9 heteroatoms. The summed E-state index contributed by atoms with van der Waals surface area (Å²) in [7, 11) is 3.11. The van der Waals surface area contributed by atoms with Gasteiger partial charge in [0.25, 0.3) is 5.89 Å². The first-order chi connectivity index (χ1) is 16.4. The largest absolute Gasteiger partial charge is 0.504 e. The number of nitrogens with one attached hydrogen (secondary N) is 1. The number of benzene rings is 2. The van der Waals surface area contributed by atoms with E-state index in [1.165, 1.54) is 7.11 Å². The molecule has 1 aromatic heterocycles. The Labute approximate surface area is 198 Å². The molecule has 2 heterocycles. The molecule has 0 radical (unpaired) electrons. The van der Waals surface area contributed by atoms with E-state index in [9.17, 15) is 9.90 Å². The van der Waals surface area contributed by atoms with Crippen molar-refractivity contribution in [2.24, 2.45) is 0 Å². The van der Waals surface area contributed by atoms with Crippen molar-refractivity contribution in [2.75, 3.05) is 27.4 Å². The Balaban J connectivity index is 1.79. The molecule has 0 aliphatic carbocycles. The van der Waals surface area contributed by atoms with Crippen molar-refractivity contribution in [2.45, 2.75) is 26.3 Å². The summed E-state index contributed by atoms with van der Waals surface area (Å²) in [6, 6.07) is 12.0. The van der Waals surface area contributed by atoms with Crippen LogP contribution in [-0.2, 0) is 4.74 Å². The van der Waals surface area contributed by atoms with Crippen LogP contribution in [0, 0.1) is 6.92 Å². The van der Waals surface area contributed by atoms with Crippen molar-refractivity contribution < 1.29 is 23.9 Å². The van der Waals surface area contributed by atoms with Gasteiger partial charge in [0.05, 0.1) is 18.7 Å². The molecule has 9 nitrogen and oxygen atoms in total. The van der Waals surface area contributed by atoms with Gasteiger partial charge >= 0.3 is 6.03 Å². The molecule has 2 amide bonds. The molecule has 0 spiro atoms. The van der Waals surface area contributed by atoms with Crippen LogP contribution in [0.15, 0.2) is 52.7 Å². The lowest BCUT2D eigenvalue weighted by Crippen LogP contribution is -2.46. The highest BCUT2D eigenvalue weighted by Gasteiger charge is 2.36. The van der Waals surface area contributed by atoms with Gasteiger partial charge in [-0.3, -0.25) is 4.90 Å². The minimum atomic E-state index is -0.603. The molecule has 0 saturated carbocycles. The summed E-state index contributed by atoms with van der Waals surface area (Å²) in [5.74, 6) is 1.07. The van der Waals surface area contributed by atoms with Gasteiger partial charge in [0.2, 0.25) is 5.82 Å². The summed E-state index contributed by atoms with van der Waals surface area (Å²) in [6.07, 6.45) is 0.668. The monoisotopic (exact) mass is 464 g/mol. The number of aromatic nitrogens is 2. The molecule has 1 aliphatic heterocycles. The number of ether oxygens (including phenoxy) is 2. The molecule has 2 aromatic carbocycles. The molecule has 0 fully saturated rings. The van der Waals surface area contributed by atoms with Gasteiger partial charge in [-0.2, -0.15) is 4.98 Å². The minimum absolute atomic E-state index is 0.0280. The highest BCUT2D eigenvalue weighted by Crippen LogP contribution is 2.39. The number of phenols is 1. The van der Waals surface area contributed by atoms with Gasteiger partial charge in [0, 0.05) is 31.5 Å². The summed E-state index contributed by atoms with van der Waals surface area (Å²) in [6.45, 7) is 4.85. The van der Waals surface area contributed by atoms with Crippen molar-refractivity contribution in [1.29, 1.82) is 0 Å². The lowest BCUT2D eigenvalue weighted by Gasteiger charge is -2.35. The maximum absolute atomic E-state index is 13.0. The molecule has 0 saturated heterocycles. The average molecular weight is 465 g/mol. The van der Waals surface area contributed by atoms with E-state index in [2.05, 4.69) is 15.5 Å². The molecule has 1 unspecified atom stereocenters. The molecule has 178 valence electrons. The summed E-state index contributed by atoms with van der Waals surface area (Å²) in [5, 5.41) is 17.6. The van der Waals surface area contributed by atoms with Crippen LogP contribution in [0.4, 0.5) is 4.79 Å². The topological polar surface area (TPSA) is 110 Å². The fourth-order valence-electron chi connectivity index (χ4n) is 4.07. The van der Waals surface area contributed by atoms with Crippen molar-refractivity contribution >= 4 is 11.6 Å². The first kappa shape index (κ1) is 23.3. The van der Waals surface area contributed by atoms with Crippen LogP contribution < -0.4 is 10.1 Å². The van der Waals surface area contributed by atoms with Crippen molar-refractivity contribution in [3.63, 3.8) is 0 Å². The van der Waals surface area contributed by atoms with Crippen molar-refractivity contribution in [3.05, 3.63) is 65.2 Å². The average Bonchev–Trinajstić information content (AvgIpc) is 3.30. The molecule has 34 heavy (non-hydrogen) atoms. The van der Waals surface area contributed by atoms with E-state index in [0.29, 0.717) is 53.9 Å². The normalized spacial score (nSPS) is 16.1. The smallest absolute Gasteiger partial charge is 0.322 e. The Morgan fingerprint density at radius 1 is 1.18 bits per heavy atom. The molecule has 0 bridgehead atoms. The Morgan fingerprint density at radius 3 is 2.71 bits per heavy atom. The highest BCUT2D eigenvalue weighted by atomic mass is 16.5. The van der Waals surface area contributed by atoms with Crippen molar-refractivity contribution in [1.82, 2.24) is 20.4 Å². The SMILES string of the molecule is COCCCN1C(=O)NC(c2ccc(OC)c(O)c2)C(c2nc(-c3cccc(C)c3)no2)=C1C. The molecule has 1 atom stereocenters. The second-order valence-electron chi connectivity index (χ2n) is 8.10. The summed E-state index contributed by atoms with van der Waals surface area (Å²) < 4.78 is 16.0. The van der Waals surface area contributed by atoms with Crippen LogP contribution in [-0.4, -0.2) is 53.5 Å². The predicted molar refractivity (Wildman–Crippen MR) is 126 cm³/mol. The van der Waals surface area contributed by atoms with E-state index in [1.54, 1.807) is 30.2 Å². The van der Waals surface area contributed by atoms with Gasteiger partial charge in [-0.25, -0.2) is 4.79 Å². The summed E-state index contributed by atoms with van der Waals surface area (Å²) in [4.78, 5) is 19.3. The Bertz CT molecular complexity index is 1220. The maximum Gasteiger partial charge on any atom is 0.322 e. The number of hydrogen-bond donors (Lipinski definition) is 2. The molecular formula is C25H28N4O5. The third-order valence-corrected chi connectivity index (χ3v) is 5.80. The van der Waals surface area contributed by atoms with E-state index in [1.807, 2.05) is 38.1 Å². The van der Waals surface area contributed by atoms with E-state index < -0.39 is 6.04 Å². The Hall–Kier alpha value is -3.85. The predicted octanol–water partition coefficient (Wildman–Crippen LogP) is 4.29. The summed E-state index contributed by atoms with van der Waals surface area (Å²) >= 11 is 0. The van der Waals surface area contributed by atoms with Gasteiger partial charge in [0.15, 0.2) is 11.5 Å². The Kier molecular flexibility index (Phi) is 6.83. The number of phenolic OH excluding ortho intramolecular Hbond substituents is 1. The van der Waals surface area contributed by atoms with E-state index >= 15 is 0 Å². The number of nitrogens with zero attached hydrogens (tertiary/aromatic N) is 3. The molecular weight excluding hydrogens is 436 g/mol. The van der Waals surface area contributed by atoms with Gasteiger partial charge in [-0.15, -0.1) is 0 Å². The van der Waals surface area contributed by atoms with Gasteiger partial charge in [-0.05, 0) is 44.0 Å². The van der Waals surface area contributed by atoms with Crippen LogP contribution in [0.25, 0.3) is 17.0 Å². The number of rotatable bonds is 8. The minimum Gasteiger partial charge on any atom is -0.504 e. The van der Waals surface area contributed by atoms with Gasteiger partial charge in [0.1, 0.15) is 0 Å². The zero-order chi connectivity index (χ0) is 24.2. The first-order valence-electron chi connectivity index (χ1n) is 11.0. The Morgan fingerprint density at radius 2 is 2.00 bits per heavy atom. The van der Waals surface area contributed by atoms with Crippen LogP contribution in [0.5, 0.6) is 11.5 Å². The van der Waals surface area contributed by atoms with Crippen LogP contribution >= 0.6 is 0 Å². The molecule has 4 rings (SSSR count). The number of aromatic hydroxyl groups is 1. The third kappa shape index (κ3) is 4.60. The van der Waals surface area contributed by atoms with E-state index in [-0.39, 0.29) is 11.8 Å². The van der Waals surface area contributed by atoms with Crippen LogP contribution in [0.2, 0.25) is 0 Å². The fraction of sp³-hybridized carbons (Fsp3) is 0.320. The molecule has 3 aromatic rings.